The zero-order valence-electron chi connectivity index (χ0n) is 15.9. The number of benzene rings is 2. The van der Waals surface area contributed by atoms with Gasteiger partial charge in [0.05, 0.1) is 10.6 Å². The molecule has 7 nitrogen and oxygen atoms in total. The molecule has 0 radical (unpaired) electrons. The van der Waals surface area contributed by atoms with E-state index in [1.54, 1.807) is 32.0 Å². The average molecular weight is 466 g/mol. The number of carbonyl (C=O) groups is 1. The number of sulfonamides is 1. The third-order valence-electron chi connectivity index (χ3n) is 4.22. The second-order valence-corrected chi connectivity index (χ2v) is 8.81. The number of aromatic nitrogens is 1. The van der Waals surface area contributed by atoms with Gasteiger partial charge in [0.25, 0.3) is 10.0 Å². The summed E-state index contributed by atoms with van der Waals surface area (Å²) in [5.41, 5.74) is 2.15. The number of hydrogen-bond donors (Lipinski definition) is 2. The summed E-state index contributed by atoms with van der Waals surface area (Å²) in [6.07, 6.45) is 2.79. The molecule has 1 aromatic heterocycles. The van der Waals surface area contributed by atoms with Crippen molar-refractivity contribution in [2.75, 3.05) is 10.0 Å². The monoisotopic (exact) mass is 465 g/mol. The third-order valence-corrected chi connectivity index (χ3v) is 6.22. The number of aryl methyl sites for hydroxylation is 1. The Morgan fingerprint density at radius 1 is 1.07 bits per heavy atom. The summed E-state index contributed by atoms with van der Waals surface area (Å²) in [7, 11) is -3.86. The zero-order valence-corrected chi connectivity index (χ0v) is 18.3. The Labute approximate surface area is 183 Å². The predicted molar refractivity (Wildman–Crippen MR) is 117 cm³/mol. The van der Waals surface area contributed by atoms with Crippen LogP contribution in [0.3, 0.4) is 0 Å². The number of carbonyl (C=O) groups excluding carboxylic acids is 1. The molecule has 3 rings (SSSR count). The quantitative estimate of drug-likeness (QED) is 0.495. The van der Waals surface area contributed by atoms with E-state index < -0.39 is 15.9 Å². The second-order valence-electron chi connectivity index (χ2n) is 6.31. The van der Waals surface area contributed by atoms with Crippen molar-refractivity contribution in [1.82, 2.24) is 5.16 Å². The highest BCUT2D eigenvalue weighted by molar-refractivity contribution is 7.92. The Kier molecular flexibility index (Phi) is 6.50. The molecule has 0 aliphatic heterocycles. The lowest BCUT2D eigenvalue weighted by atomic mass is 10.2. The molecule has 0 bridgehead atoms. The molecule has 0 atom stereocenters. The Hall–Kier alpha value is -2.81. The Morgan fingerprint density at radius 2 is 1.70 bits per heavy atom. The van der Waals surface area contributed by atoms with Crippen molar-refractivity contribution < 1.29 is 17.7 Å². The lowest BCUT2D eigenvalue weighted by Crippen LogP contribution is -2.13. The van der Waals surface area contributed by atoms with Crippen molar-refractivity contribution in [3.8, 4) is 0 Å². The predicted octanol–water partition coefficient (Wildman–Crippen LogP) is 5.05. The molecular formula is C20H17Cl2N3O4S. The van der Waals surface area contributed by atoms with E-state index in [0.717, 1.165) is 0 Å². The van der Waals surface area contributed by atoms with Gasteiger partial charge in [0, 0.05) is 32.9 Å². The van der Waals surface area contributed by atoms with Crippen LogP contribution in [0.2, 0.25) is 10.0 Å². The maximum Gasteiger partial charge on any atom is 0.264 e. The van der Waals surface area contributed by atoms with E-state index in [1.807, 2.05) is 0 Å². The lowest BCUT2D eigenvalue weighted by molar-refractivity contribution is -0.111. The van der Waals surface area contributed by atoms with Crippen molar-refractivity contribution in [2.24, 2.45) is 0 Å². The van der Waals surface area contributed by atoms with Crippen LogP contribution >= 0.6 is 23.2 Å². The first-order valence-electron chi connectivity index (χ1n) is 8.66. The summed E-state index contributed by atoms with van der Waals surface area (Å²) in [6, 6.07) is 10.7. The molecule has 2 aromatic carbocycles. The molecule has 0 spiro atoms. The highest BCUT2D eigenvalue weighted by atomic mass is 35.5. The van der Waals surface area contributed by atoms with Crippen LogP contribution in [0, 0.1) is 13.8 Å². The van der Waals surface area contributed by atoms with Gasteiger partial charge in [-0.3, -0.25) is 4.79 Å². The fourth-order valence-electron chi connectivity index (χ4n) is 2.42. The van der Waals surface area contributed by atoms with Crippen LogP contribution in [0.15, 0.2) is 58.0 Å². The van der Waals surface area contributed by atoms with E-state index in [1.165, 1.54) is 36.4 Å². The molecule has 0 saturated carbocycles. The number of anilines is 2. The Morgan fingerprint density at radius 3 is 2.27 bits per heavy atom. The van der Waals surface area contributed by atoms with Crippen LogP contribution in [0.4, 0.5) is 11.6 Å². The van der Waals surface area contributed by atoms with E-state index in [-0.39, 0.29) is 10.8 Å². The van der Waals surface area contributed by atoms with Gasteiger partial charge in [0.1, 0.15) is 0 Å². The van der Waals surface area contributed by atoms with E-state index in [0.29, 0.717) is 32.6 Å². The van der Waals surface area contributed by atoms with Crippen molar-refractivity contribution in [3.63, 3.8) is 0 Å². The molecule has 1 heterocycles. The number of hydrogen-bond acceptors (Lipinski definition) is 5. The number of amides is 1. The SMILES string of the molecule is Cc1noc(NS(=O)(=O)c2ccc(NC(=O)/C=C/c3c(Cl)cccc3Cl)cc2)c1C. The molecule has 2 N–H and O–H groups in total. The molecule has 1 amide bonds. The first kappa shape index (κ1) is 21.9. The van der Waals surface area contributed by atoms with Crippen molar-refractivity contribution >= 4 is 56.8 Å². The Bertz CT molecular complexity index is 1200. The topological polar surface area (TPSA) is 101 Å². The molecule has 10 heteroatoms. The summed E-state index contributed by atoms with van der Waals surface area (Å²) in [4.78, 5) is 12.1. The second kappa shape index (κ2) is 8.91. The maximum absolute atomic E-state index is 12.5. The summed E-state index contributed by atoms with van der Waals surface area (Å²) < 4.78 is 32.3. The first-order chi connectivity index (χ1) is 14.2. The maximum atomic E-state index is 12.5. The largest absolute Gasteiger partial charge is 0.337 e. The molecule has 0 aliphatic carbocycles. The number of nitrogens with zero attached hydrogens (tertiary/aromatic N) is 1. The minimum Gasteiger partial charge on any atom is -0.337 e. The van der Waals surface area contributed by atoms with Crippen LogP contribution in [-0.4, -0.2) is 19.5 Å². The van der Waals surface area contributed by atoms with Crippen LogP contribution in [-0.2, 0) is 14.8 Å². The number of halogens is 2. The van der Waals surface area contributed by atoms with Crippen LogP contribution in [0.25, 0.3) is 6.08 Å². The molecule has 30 heavy (non-hydrogen) atoms. The smallest absolute Gasteiger partial charge is 0.264 e. The van der Waals surface area contributed by atoms with E-state index >= 15 is 0 Å². The van der Waals surface area contributed by atoms with Crippen molar-refractivity contribution in [2.45, 2.75) is 18.7 Å². The fourth-order valence-corrected chi connectivity index (χ4v) is 3.99. The van der Waals surface area contributed by atoms with Crippen LogP contribution < -0.4 is 10.0 Å². The summed E-state index contributed by atoms with van der Waals surface area (Å²) in [6.45, 7) is 3.41. The van der Waals surface area contributed by atoms with E-state index in [2.05, 4.69) is 15.2 Å². The normalized spacial score (nSPS) is 11.6. The minimum absolute atomic E-state index is 0.00680. The number of rotatable bonds is 6. The molecular weight excluding hydrogens is 449 g/mol. The number of nitrogens with one attached hydrogen (secondary N) is 2. The van der Waals surface area contributed by atoms with Gasteiger partial charge >= 0.3 is 0 Å². The molecule has 0 saturated heterocycles. The standard InChI is InChI=1S/C20H17Cl2N3O4S/c1-12-13(2)24-29-20(12)25-30(27,28)15-8-6-14(7-9-15)23-19(26)11-10-16-17(21)4-3-5-18(16)22/h3-11,25H,1-2H3,(H,23,26)/b11-10+. The summed E-state index contributed by atoms with van der Waals surface area (Å²) in [5, 5.41) is 7.20. The van der Waals surface area contributed by atoms with Crippen molar-refractivity contribution in [1.29, 1.82) is 0 Å². The lowest BCUT2D eigenvalue weighted by Gasteiger charge is -2.07. The zero-order chi connectivity index (χ0) is 21.9. The van der Waals surface area contributed by atoms with Crippen LogP contribution in [0.5, 0.6) is 0 Å². The van der Waals surface area contributed by atoms with Gasteiger partial charge < -0.3 is 9.84 Å². The highest BCUT2D eigenvalue weighted by Gasteiger charge is 2.19. The van der Waals surface area contributed by atoms with Crippen LogP contribution in [0.1, 0.15) is 16.8 Å². The van der Waals surface area contributed by atoms with Gasteiger partial charge in [-0.05, 0) is 56.3 Å². The first-order valence-corrected chi connectivity index (χ1v) is 10.9. The highest BCUT2D eigenvalue weighted by Crippen LogP contribution is 2.26. The molecule has 0 unspecified atom stereocenters. The third kappa shape index (κ3) is 5.02. The molecule has 0 fully saturated rings. The molecule has 0 aliphatic rings. The summed E-state index contributed by atoms with van der Waals surface area (Å²) >= 11 is 12.1. The van der Waals surface area contributed by atoms with Crippen molar-refractivity contribution in [3.05, 3.63) is 75.4 Å². The summed E-state index contributed by atoms with van der Waals surface area (Å²) in [5.74, 6) is -0.360. The minimum atomic E-state index is -3.86. The molecule has 3 aromatic rings. The van der Waals surface area contributed by atoms with Gasteiger partial charge in [-0.15, -0.1) is 0 Å². The fraction of sp³-hybridized carbons (Fsp3) is 0.100. The van der Waals surface area contributed by atoms with Gasteiger partial charge in [0.15, 0.2) is 0 Å². The van der Waals surface area contributed by atoms with Gasteiger partial charge in [0.2, 0.25) is 11.8 Å². The van der Waals surface area contributed by atoms with E-state index in [4.69, 9.17) is 27.7 Å². The van der Waals surface area contributed by atoms with Gasteiger partial charge in [-0.25, -0.2) is 13.1 Å². The average Bonchev–Trinajstić information content (AvgIpc) is 2.99. The van der Waals surface area contributed by atoms with E-state index in [9.17, 15) is 13.2 Å². The van der Waals surface area contributed by atoms with Gasteiger partial charge in [-0.2, -0.15) is 0 Å². The molecule has 156 valence electrons. The Balaban J connectivity index is 1.69. The van der Waals surface area contributed by atoms with Gasteiger partial charge in [-0.1, -0.05) is 34.4 Å².